The Morgan fingerprint density at radius 1 is 1.03 bits per heavy atom. The Balaban J connectivity index is 1.62. The molecule has 1 aliphatic rings. The number of rotatable bonds is 5. The standard InChI is InChI=1S/C28H25ClN4O4/c1-28(2,30)27(35)33(3)19-8-6-18(7-9-19)31-25(16-4-11-22-23(14-16)37-13-12-36-22)24-20-10-5-17(29)15-21(20)32-26(24)34/h4-15,32,34H,30H2,1-3H3. The number of nitrogens with one attached hydrogen (secondary N) is 1. The predicted octanol–water partition coefficient (Wildman–Crippen LogP) is 5.64. The Bertz CT molecular complexity index is 1570. The number of ether oxygens (including phenoxy) is 2. The minimum absolute atomic E-state index is 0.0436. The lowest BCUT2D eigenvalue weighted by atomic mass is 10.00. The molecule has 0 saturated heterocycles. The zero-order chi connectivity index (χ0) is 26.3. The summed E-state index contributed by atoms with van der Waals surface area (Å²) in [5, 5.41) is 12.2. The van der Waals surface area contributed by atoms with Gasteiger partial charge in [-0.15, -0.1) is 0 Å². The number of hydrogen-bond acceptors (Lipinski definition) is 6. The molecule has 4 aromatic rings. The van der Waals surface area contributed by atoms with Gasteiger partial charge in [0.2, 0.25) is 5.91 Å². The molecule has 37 heavy (non-hydrogen) atoms. The molecule has 0 bridgehead atoms. The van der Waals surface area contributed by atoms with E-state index in [1.165, 1.54) is 17.4 Å². The first-order valence-corrected chi connectivity index (χ1v) is 11.9. The molecular weight excluding hydrogens is 492 g/mol. The van der Waals surface area contributed by atoms with Crippen molar-refractivity contribution in [3.05, 3.63) is 89.3 Å². The molecule has 0 atom stereocenters. The summed E-state index contributed by atoms with van der Waals surface area (Å²) in [6.07, 6.45) is 2.91. The summed E-state index contributed by atoms with van der Waals surface area (Å²) in [6, 6.07) is 17.9. The minimum atomic E-state index is -0.998. The number of carbonyl (C=O) groups excluding carboxylic acids is 1. The topological polar surface area (TPSA) is 113 Å². The molecule has 0 spiro atoms. The molecule has 1 aliphatic heterocycles. The van der Waals surface area contributed by atoms with Gasteiger partial charge in [-0.05, 0) is 68.4 Å². The van der Waals surface area contributed by atoms with Crippen LogP contribution in [0.1, 0.15) is 25.0 Å². The molecule has 0 aliphatic carbocycles. The third-order valence-electron chi connectivity index (χ3n) is 5.97. The van der Waals surface area contributed by atoms with Crippen molar-refractivity contribution >= 4 is 45.5 Å². The number of anilines is 1. The molecule has 3 aromatic carbocycles. The number of aromatic nitrogens is 1. The minimum Gasteiger partial charge on any atom is -0.494 e. The summed E-state index contributed by atoms with van der Waals surface area (Å²) in [4.78, 5) is 22.0. The Labute approximate surface area is 218 Å². The molecule has 2 heterocycles. The second kappa shape index (κ2) is 9.31. The fourth-order valence-corrected chi connectivity index (χ4v) is 4.31. The lowest BCUT2D eigenvalue weighted by Crippen LogP contribution is -2.49. The van der Waals surface area contributed by atoms with E-state index in [4.69, 9.17) is 31.8 Å². The molecule has 4 N–H and O–H groups in total. The van der Waals surface area contributed by atoms with Crippen LogP contribution in [-0.4, -0.2) is 34.3 Å². The average Bonchev–Trinajstić information content (AvgIpc) is 3.20. The Kier molecular flexibility index (Phi) is 6.15. The number of carbonyl (C=O) groups is 1. The highest BCUT2D eigenvalue weighted by atomic mass is 35.5. The number of amides is 1. The number of halogens is 1. The molecule has 0 unspecified atom stereocenters. The van der Waals surface area contributed by atoms with E-state index in [1.54, 1.807) is 69.4 Å². The van der Waals surface area contributed by atoms with E-state index in [9.17, 15) is 9.90 Å². The van der Waals surface area contributed by atoms with Crippen LogP contribution in [0.25, 0.3) is 10.9 Å². The van der Waals surface area contributed by atoms with E-state index < -0.39 is 5.54 Å². The van der Waals surface area contributed by atoms with Crippen LogP contribution in [-0.2, 0) is 4.79 Å². The van der Waals surface area contributed by atoms with Gasteiger partial charge in [0.25, 0.3) is 0 Å². The zero-order valence-electron chi connectivity index (χ0n) is 20.4. The molecule has 9 heteroatoms. The van der Waals surface area contributed by atoms with E-state index in [-0.39, 0.29) is 11.8 Å². The highest BCUT2D eigenvalue weighted by Crippen LogP contribution is 2.36. The van der Waals surface area contributed by atoms with E-state index in [2.05, 4.69) is 4.98 Å². The normalized spacial score (nSPS) is 13.2. The van der Waals surface area contributed by atoms with Gasteiger partial charge in [-0.1, -0.05) is 17.7 Å². The maximum absolute atomic E-state index is 12.6. The van der Waals surface area contributed by atoms with Crippen molar-refractivity contribution in [3.8, 4) is 17.4 Å². The summed E-state index contributed by atoms with van der Waals surface area (Å²) in [7, 11) is 1.68. The van der Waals surface area contributed by atoms with Gasteiger partial charge in [0, 0.05) is 28.7 Å². The lowest BCUT2D eigenvalue weighted by molar-refractivity contribution is -0.122. The van der Waals surface area contributed by atoms with Crippen LogP contribution >= 0.6 is 11.6 Å². The van der Waals surface area contributed by atoms with Crippen LogP contribution in [0, 0.1) is 0 Å². The number of nitrogens with zero attached hydrogens (tertiary/aromatic N) is 2. The second-order valence-corrected chi connectivity index (χ2v) is 9.71. The quantitative estimate of drug-likeness (QED) is 0.297. The van der Waals surface area contributed by atoms with Crippen LogP contribution in [0.5, 0.6) is 17.4 Å². The van der Waals surface area contributed by atoms with Crippen LogP contribution in [0.3, 0.4) is 0 Å². The van der Waals surface area contributed by atoms with Crippen LogP contribution in [0.15, 0.2) is 78.2 Å². The van der Waals surface area contributed by atoms with E-state index >= 15 is 0 Å². The van der Waals surface area contributed by atoms with Gasteiger partial charge in [-0.3, -0.25) is 4.79 Å². The number of aromatic amines is 1. The summed E-state index contributed by atoms with van der Waals surface area (Å²) in [5.41, 5.74) is 8.67. The SMILES string of the molecule is CN(C(=O)C(C)(C)N)c1ccc(N=C(c2ccc3c(c2)OC=CO3)c2c(O)[nH]c3cc(Cl)ccc23)cc1. The number of aromatic hydroxyl groups is 1. The molecule has 8 nitrogen and oxygen atoms in total. The van der Waals surface area contributed by atoms with Gasteiger partial charge in [0.1, 0.15) is 12.5 Å². The molecule has 5 rings (SSSR count). The van der Waals surface area contributed by atoms with Crippen molar-refractivity contribution in [1.29, 1.82) is 0 Å². The first-order valence-electron chi connectivity index (χ1n) is 11.5. The number of likely N-dealkylation sites (N-methyl/N-ethyl adjacent to an activating group) is 1. The molecule has 188 valence electrons. The van der Waals surface area contributed by atoms with Crippen molar-refractivity contribution in [1.82, 2.24) is 4.98 Å². The lowest BCUT2D eigenvalue weighted by Gasteiger charge is -2.26. The maximum atomic E-state index is 12.6. The van der Waals surface area contributed by atoms with Crippen molar-refractivity contribution in [2.45, 2.75) is 19.4 Å². The Morgan fingerprint density at radius 3 is 2.43 bits per heavy atom. The van der Waals surface area contributed by atoms with Gasteiger partial charge >= 0.3 is 0 Å². The average molecular weight is 517 g/mol. The van der Waals surface area contributed by atoms with Crippen LogP contribution in [0.2, 0.25) is 5.02 Å². The smallest absolute Gasteiger partial charge is 0.246 e. The third kappa shape index (κ3) is 4.76. The van der Waals surface area contributed by atoms with Crippen LogP contribution < -0.4 is 20.1 Å². The first kappa shape index (κ1) is 24.4. The van der Waals surface area contributed by atoms with Crippen molar-refractivity contribution in [2.24, 2.45) is 10.7 Å². The zero-order valence-corrected chi connectivity index (χ0v) is 21.2. The van der Waals surface area contributed by atoms with Gasteiger partial charge < -0.3 is 30.2 Å². The predicted molar refractivity (Wildman–Crippen MR) is 145 cm³/mol. The summed E-state index contributed by atoms with van der Waals surface area (Å²) < 4.78 is 11.1. The summed E-state index contributed by atoms with van der Waals surface area (Å²) >= 11 is 6.17. The highest BCUT2D eigenvalue weighted by molar-refractivity contribution is 6.31. The van der Waals surface area contributed by atoms with Crippen molar-refractivity contribution in [3.63, 3.8) is 0 Å². The van der Waals surface area contributed by atoms with Gasteiger partial charge in [0.15, 0.2) is 17.4 Å². The largest absolute Gasteiger partial charge is 0.494 e. The number of H-pyrrole nitrogens is 1. The number of aliphatic imine (C=N–C) groups is 1. The fraction of sp³-hybridized carbons (Fsp3) is 0.143. The summed E-state index contributed by atoms with van der Waals surface area (Å²) in [6.45, 7) is 3.33. The Hall–Kier alpha value is -4.27. The van der Waals surface area contributed by atoms with Crippen molar-refractivity contribution < 1.29 is 19.4 Å². The van der Waals surface area contributed by atoms with Crippen LogP contribution in [0.4, 0.5) is 11.4 Å². The number of benzene rings is 3. The maximum Gasteiger partial charge on any atom is 0.246 e. The molecule has 0 radical (unpaired) electrons. The number of hydrogen-bond donors (Lipinski definition) is 3. The van der Waals surface area contributed by atoms with E-state index in [0.717, 1.165) is 5.39 Å². The van der Waals surface area contributed by atoms with Gasteiger partial charge in [-0.2, -0.15) is 0 Å². The second-order valence-electron chi connectivity index (χ2n) is 9.27. The van der Waals surface area contributed by atoms with E-state index in [1.807, 2.05) is 12.1 Å². The van der Waals surface area contributed by atoms with Gasteiger partial charge in [0.05, 0.1) is 28.0 Å². The number of nitrogens with two attached hydrogens (primary N) is 1. The first-order chi connectivity index (χ1) is 17.6. The molecular formula is C28H25ClN4O4. The molecule has 0 saturated carbocycles. The molecule has 1 amide bonds. The number of fused-ring (bicyclic) bond motifs is 2. The Morgan fingerprint density at radius 2 is 1.73 bits per heavy atom. The third-order valence-corrected chi connectivity index (χ3v) is 6.21. The van der Waals surface area contributed by atoms with E-state index in [0.29, 0.717) is 50.3 Å². The monoisotopic (exact) mass is 516 g/mol. The summed E-state index contributed by atoms with van der Waals surface area (Å²) in [5.74, 6) is 0.838. The highest BCUT2D eigenvalue weighted by Gasteiger charge is 2.26. The van der Waals surface area contributed by atoms with Gasteiger partial charge in [-0.25, -0.2) is 4.99 Å². The molecule has 0 fully saturated rings. The molecule has 1 aromatic heterocycles. The van der Waals surface area contributed by atoms with Crippen molar-refractivity contribution in [2.75, 3.05) is 11.9 Å². The fourth-order valence-electron chi connectivity index (χ4n) is 4.14.